The number of esters is 1. The summed E-state index contributed by atoms with van der Waals surface area (Å²) in [5.74, 6) is -1.04. The van der Waals surface area contributed by atoms with Crippen molar-refractivity contribution >= 4 is 65.7 Å². The van der Waals surface area contributed by atoms with Crippen LogP contribution >= 0.6 is 25.8 Å². The van der Waals surface area contributed by atoms with Crippen LogP contribution in [0, 0.1) is 0 Å². The van der Waals surface area contributed by atoms with Crippen LogP contribution in [0.2, 0.25) is 0 Å². The van der Waals surface area contributed by atoms with Gasteiger partial charge in [-0.25, -0.2) is 43.2 Å². The molecule has 4 aromatic heterocycles. The summed E-state index contributed by atoms with van der Waals surface area (Å²) < 4.78 is 104. The summed E-state index contributed by atoms with van der Waals surface area (Å²) in [6, 6.07) is 0. The number of fused-ring (bicyclic) bond motifs is 4. The monoisotopic (exact) mass is 932 g/mol. The van der Waals surface area contributed by atoms with Crippen LogP contribution in [0.3, 0.4) is 0 Å². The van der Waals surface area contributed by atoms with Gasteiger partial charge >= 0.3 is 20.4 Å². The Morgan fingerprint density at radius 1 is 0.790 bits per heavy atom. The van der Waals surface area contributed by atoms with E-state index in [9.17, 15) is 18.8 Å². The maximum Gasteiger partial charge on any atom is 0.392 e. The molecule has 62 heavy (non-hydrogen) atoms. The van der Waals surface area contributed by atoms with Gasteiger partial charge in [0.15, 0.2) is 47.7 Å². The number of ether oxygens (including phenoxy) is 4. The highest BCUT2D eigenvalue weighted by molar-refractivity contribution is 8.55. The molecule has 3 aliphatic rings. The molecule has 4 aromatic rings. The van der Waals surface area contributed by atoms with E-state index in [0.29, 0.717) is 17.8 Å². The summed E-state index contributed by atoms with van der Waals surface area (Å²) in [6.45, 7) is -3.93. The zero-order valence-corrected chi connectivity index (χ0v) is 36.7. The summed E-state index contributed by atoms with van der Waals surface area (Å²) in [7, 11) is -4.72. The van der Waals surface area contributed by atoms with Gasteiger partial charge in [-0.2, -0.15) is 0 Å². The minimum Gasteiger partial charge on any atom is -0.454 e. The van der Waals surface area contributed by atoms with Crippen LogP contribution in [0.15, 0.2) is 25.3 Å². The fourth-order valence-electron chi connectivity index (χ4n) is 7.52. The number of aromatic nitrogens is 8. The number of anilines is 2. The standard InChI is InChI=1S/C36H52F2N10O11P2S/c1-2-3-4-5-6-7-8-9-10-11-12-13-24(49)54-21-62-61(52)56-15-22-29(25(37)35(57-22)47-18-45-27-31(39)41-16-43-33(27)47)53-20-60(50,51)55-14-23-30(59-61)26(38)36(58-23)48-19-46-28-32(40)42-17-44-34(28)48/h16-19,22-23,25-26,29-30,35-36H,2-15,20-21H2,1H3,(H,50,51)(H2,39,41,43)(H2,40,42,44)/t22-,23?,25-,26-,29-,30-,35-,36-,61?/m1/s1. The lowest BCUT2D eigenvalue weighted by atomic mass is 10.1. The highest BCUT2D eigenvalue weighted by atomic mass is 32.7. The number of rotatable bonds is 17. The summed E-state index contributed by atoms with van der Waals surface area (Å²) in [6.07, 6.45) is 2.42. The molecule has 7 heterocycles. The van der Waals surface area contributed by atoms with E-state index < -0.39 is 95.1 Å². The largest absolute Gasteiger partial charge is 0.454 e. The Morgan fingerprint density at radius 2 is 1.31 bits per heavy atom. The van der Waals surface area contributed by atoms with Crippen molar-refractivity contribution in [3.05, 3.63) is 25.3 Å². The van der Waals surface area contributed by atoms with Gasteiger partial charge in [-0.15, -0.1) is 0 Å². The lowest BCUT2D eigenvalue weighted by Crippen LogP contribution is -2.35. The summed E-state index contributed by atoms with van der Waals surface area (Å²) in [4.78, 5) is 48.0. The van der Waals surface area contributed by atoms with E-state index in [1.807, 2.05) is 0 Å². The molecule has 3 saturated heterocycles. The van der Waals surface area contributed by atoms with Gasteiger partial charge in [0.25, 0.3) is 0 Å². The van der Waals surface area contributed by atoms with Gasteiger partial charge in [0.1, 0.15) is 60.4 Å². The van der Waals surface area contributed by atoms with Crippen molar-refractivity contribution in [2.24, 2.45) is 0 Å². The lowest BCUT2D eigenvalue weighted by Gasteiger charge is -2.26. The van der Waals surface area contributed by atoms with Crippen LogP contribution < -0.4 is 11.5 Å². The second-order valence-corrected chi connectivity index (χ2v) is 21.0. The Kier molecular flexibility index (Phi) is 15.8. The van der Waals surface area contributed by atoms with E-state index in [1.54, 1.807) is 0 Å². The fourth-order valence-corrected chi connectivity index (χ4v) is 11.2. The molecule has 10 atom stereocenters. The van der Waals surface area contributed by atoms with Crippen LogP contribution in [0.25, 0.3) is 22.3 Å². The predicted octanol–water partition coefficient (Wildman–Crippen LogP) is 6.30. The van der Waals surface area contributed by atoms with E-state index in [2.05, 4.69) is 36.8 Å². The van der Waals surface area contributed by atoms with Crippen LogP contribution in [-0.2, 0) is 46.4 Å². The maximum absolute atomic E-state index is 16.7. The molecule has 0 amide bonds. The van der Waals surface area contributed by atoms with Crippen molar-refractivity contribution in [1.29, 1.82) is 0 Å². The molecule has 0 radical (unpaired) electrons. The molecule has 0 bridgehead atoms. The van der Waals surface area contributed by atoms with E-state index >= 15 is 8.78 Å². The molecular weight excluding hydrogens is 880 g/mol. The second kappa shape index (κ2) is 21.0. The van der Waals surface area contributed by atoms with Crippen molar-refractivity contribution in [2.45, 2.75) is 133 Å². The van der Waals surface area contributed by atoms with Crippen LogP contribution in [0.5, 0.6) is 0 Å². The Morgan fingerprint density at radius 3 is 1.89 bits per heavy atom. The number of alkyl halides is 2. The van der Waals surface area contributed by atoms with Gasteiger partial charge in [0, 0.05) is 17.8 Å². The Bertz CT molecular complexity index is 2230. The molecule has 0 aliphatic carbocycles. The first-order valence-electron chi connectivity index (χ1n) is 20.6. The maximum atomic E-state index is 16.7. The third-order valence-electron chi connectivity index (χ3n) is 10.8. The third kappa shape index (κ3) is 11.1. The number of unbranched alkanes of at least 4 members (excludes halogenated alkanes) is 10. The van der Waals surface area contributed by atoms with Gasteiger partial charge in [-0.3, -0.25) is 27.5 Å². The number of halogens is 2. The highest BCUT2D eigenvalue weighted by Gasteiger charge is 2.54. The van der Waals surface area contributed by atoms with Gasteiger partial charge in [-0.05, 0) is 6.42 Å². The lowest BCUT2D eigenvalue weighted by molar-refractivity contribution is -0.141. The van der Waals surface area contributed by atoms with Crippen molar-refractivity contribution in [3.8, 4) is 0 Å². The summed E-state index contributed by atoms with van der Waals surface area (Å²) in [5, 5.41) is 0. The number of nitrogens with zero attached hydrogens (tertiary/aromatic N) is 8. The molecule has 3 fully saturated rings. The number of nitrogens with two attached hydrogens (primary N) is 2. The Balaban J connectivity index is 1.06. The van der Waals surface area contributed by atoms with Gasteiger partial charge in [0.05, 0.1) is 25.9 Å². The normalized spacial score (nSPS) is 30.7. The first-order valence-corrected chi connectivity index (χ1v) is 25.5. The minimum absolute atomic E-state index is 0.0154. The summed E-state index contributed by atoms with van der Waals surface area (Å²) in [5.41, 5.74) is 12.4. The first-order chi connectivity index (χ1) is 29.9. The Hall–Kier alpha value is -3.44. The van der Waals surface area contributed by atoms with Crippen molar-refractivity contribution in [1.82, 2.24) is 39.0 Å². The number of hydrogen-bond donors (Lipinski definition) is 3. The Labute approximate surface area is 359 Å². The van der Waals surface area contributed by atoms with E-state index in [-0.39, 0.29) is 40.4 Å². The smallest absolute Gasteiger partial charge is 0.392 e. The number of hydrogen-bond acceptors (Lipinski definition) is 19. The zero-order valence-electron chi connectivity index (χ0n) is 34.1. The SMILES string of the molecule is CCCCCCCCCCCCCC(=O)OCSP1(=O)OC[C@H]2O[C@@H](n3cnc4c(N)ncnc43)[C@H](F)[C@@H]2OCP(=O)(O)OCC2O[C@@H](n3cnc4c(N)ncnc43)[C@H](F)[C@@H]2O1. The molecule has 0 aromatic carbocycles. The van der Waals surface area contributed by atoms with E-state index in [0.717, 1.165) is 38.3 Å². The van der Waals surface area contributed by atoms with Crippen LogP contribution in [0.1, 0.15) is 96.4 Å². The molecular formula is C36H52F2N10O11P2S. The number of carbonyl (C=O) groups is 1. The van der Waals surface area contributed by atoms with E-state index in [4.69, 9.17) is 44.0 Å². The average Bonchev–Trinajstić information content (AvgIpc) is 4.02. The number of nitrogen functional groups attached to an aromatic ring is 2. The highest BCUT2D eigenvalue weighted by Crippen LogP contribution is 2.63. The molecule has 0 spiro atoms. The van der Waals surface area contributed by atoms with E-state index in [1.165, 1.54) is 60.3 Å². The topological polar surface area (TPSA) is 275 Å². The molecule has 0 saturated carbocycles. The van der Waals surface area contributed by atoms with Crippen LogP contribution in [0.4, 0.5) is 20.4 Å². The number of imidazole rings is 2. The average molecular weight is 933 g/mol. The zero-order chi connectivity index (χ0) is 43.9. The molecule has 21 nitrogen and oxygen atoms in total. The van der Waals surface area contributed by atoms with Gasteiger partial charge in [-0.1, -0.05) is 71.1 Å². The number of carbonyl (C=O) groups excluding carboxylic acids is 1. The molecule has 5 N–H and O–H groups in total. The molecule has 26 heteroatoms. The fraction of sp³-hybridized carbons (Fsp3) is 0.694. The van der Waals surface area contributed by atoms with Crippen molar-refractivity contribution < 1.29 is 60.1 Å². The molecule has 342 valence electrons. The van der Waals surface area contributed by atoms with Crippen LogP contribution in [-0.4, -0.2) is 112 Å². The second-order valence-electron chi connectivity index (χ2n) is 15.2. The van der Waals surface area contributed by atoms with Crippen molar-refractivity contribution in [2.75, 3.05) is 37.0 Å². The molecule has 3 aliphatic heterocycles. The molecule has 7 rings (SSSR count). The summed E-state index contributed by atoms with van der Waals surface area (Å²) >= 11 is 0.443. The predicted molar refractivity (Wildman–Crippen MR) is 221 cm³/mol. The first kappa shape index (κ1) is 46.5. The molecule has 3 unspecified atom stereocenters. The van der Waals surface area contributed by atoms with Gasteiger partial charge in [0.2, 0.25) is 0 Å². The van der Waals surface area contributed by atoms with Crippen molar-refractivity contribution in [3.63, 3.8) is 0 Å². The minimum atomic E-state index is -4.72. The third-order valence-corrected chi connectivity index (χ3v) is 15.2. The van der Waals surface area contributed by atoms with Gasteiger partial charge < -0.3 is 39.8 Å². The quantitative estimate of drug-likeness (QED) is 0.0453.